The predicted octanol–water partition coefficient (Wildman–Crippen LogP) is 6.46. The van der Waals surface area contributed by atoms with E-state index in [1.807, 2.05) is 0 Å². The summed E-state index contributed by atoms with van der Waals surface area (Å²) in [5.74, 6) is 3.29. The van der Waals surface area contributed by atoms with E-state index in [9.17, 15) is 9.50 Å². The molecule has 0 spiro atoms. The fourth-order valence-electron chi connectivity index (χ4n) is 8.34. The average molecular weight is 363 g/mol. The number of rotatable bonds is 3. The normalized spacial score (nSPS) is 52.4. The van der Waals surface area contributed by atoms with Crippen molar-refractivity contribution in [2.75, 3.05) is 6.67 Å². The lowest BCUT2D eigenvalue weighted by molar-refractivity contribution is -0.151. The second-order valence-corrected chi connectivity index (χ2v) is 10.5. The Bertz CT molecular complexity index is 571. The van der Waals surface area contributed by atoms with Gasteiger partial charge in [0.1, 0.15) is 6.67 Å². The topological polar surface area (TPSA) is 20.2 Å². The first-order valence-electron chi connectivity index (χ1n) is 11.4. The summed E-state index contributed by atoms with van der Waals surface area (Å²) in [4.78, 5) is 0. The van der Waals surface area contributed by atoms with Gasteiger partial charge in [-0.1, -0.05) is 38.8 Å². The van der Waals surface area contributed by atoms with Gasteiger partial charge in [0.25, 0.3) is 0 Å². The number of aliphatic hydroxyl groups is 1. The molecule has 4 fully saturated rings. The van der Waals surface area contributed by atoms with Crippen LogP contribution in [0.15, 0.2) is 11.6 Å². The van der Waals surface area contributed by atoms with Crippen LogP contribution in [0.5, 0.6) is 0 Å². The molecule has 26 heavy (non-hydrogen) atoms. The minimum Gasteiger partial charge on any atom is -0.387 e. The second kappa shape index (κ2) is 6.61. The molecule has 1 N–H and O–H groups in total. The van der Waals surface area contributed by atoms with Crippen LogP contribution in [0.4, 0.5) is 4.39 Å². The van der Waals surface area contributed by atoms with Gasteiger partial charge in [0.15, 0.2) is 0 Å². The third-order valence-electron chi connectivity index (χ3n) is 9.62. The van der Waals surface area contributed by atoms with Crippen LogP contribution in [0.2, 0.25) is 0 Å². The molecule has 0 aromatic carbocycles. The van der Waals surface area contributed by atoms with Gasteiger partial charge in [-0.15, -0.1) is 0 Å². The van der Waals surface area contributed by atoms with Gasteiger partial charge < -0.3 is 5.11 Å². The van der Waals surface area contributed by atoms with Crippen LogP contribution >= 0.6 is 0 Å². The second-order valence-electron chi connectivity index (χ2n) is 10.5. The van der Waals surface area contributed by atoms with Gasteiger partial charge in [0.2, 0.25) is 0 Å². The molecule has 7 atom stereocenters. The summed E-state index contributed by atoms with van der Waals surface area (Å²) in [6.45, 7) is 6.58. The van der Waals surface area contributed by atoms with E-state index in [-0.39, 0.29) is 5.41 Å². The van der Waals surface area contributed by atoms with Crippen molar-refractivity contribution in [2.45, 2.75) is 97.0 Å². The van der Waals surface area contributed by atoms with Crippen molar-refractivity contribution in [3.05, 3.63) is 11.6 Å². The predicted molar refractivity (Wildman–Crippen MR) is 106 cm³/mol. The standard InChI is InChI=1S/C24H39FO/c1-4-6-17-7-8-20-18-10-13-23(5-2)15-24(26,16-25)14-11-21(23)19(18)9-12-22(17,20)3/h6,18-21,26H,4-5,7-16H2,1-3H3/b17-6+/t18?,19?,20?,21-,22-,23?,24-/m1/s1. The number of alkyl halides is 1. The Morgan fingerprint density at radius 2 is 1.77 bits per heavy atom. The lowest BCUT2D eigenvalue weighted by Crippen LogP contribution is -2.56. The van der Waals surface area contributed by atoms with Crippen molar-refractivity contribution in [1.82, 2.24) is 0 Å². The third-order valence-corrected chi connectivity index (χ3v) is 9.62. The molecule has 0 heterocycles. The van der Waals surface area contributed by atoms with Crippen molar-refractivity contribution in [3.8, 4) is 0 Å². The molecular formula is C24H39FO. The molecule has 0 amide bonds. The minimum absolute atomic E-state index is 0.203. The highest BCUT2D eigenvalue weighted by Gasteiger charge is 2.60. The summed E-state index contributed by atoms with van der Waals surface area (Å²) in [6, 6.07) is 0. The Hall–Kier alpha value is -0.370. The summed E-state index contributed by atoms with van der Waals surface area (Å²) < 4.78 is 13.5. The van der Waals surface area contributed by atoms with Gasteiger partial charge in [0, 0.05) is 0 Å². The SMILES string of the molecule is CC/C=C1\CCC2C3CCC4(CC)C[C@@](O)(CF)CC[C@@H]4C3CC[C@]12C. The maximum Gasteiger partial charge on any atom is 0.118 e. The lowest BCUT2D eigenvalue weighted by Gasteiger charge is -2.61. The Morgan fingerprint density at radius 1 is 1.04 bits per heavy atom. The maximum absolute atomic E-state index is 13.5. The molecule has 4 aliphatic rings. The van der Waals surface area contributed by atoms with Crippen LogP contribution in [0.1, 0.15) is 91.4 Å². The zero-order valence-electron chi connectivity index (χ0n) is 17.2. The van der Waals surface area contributed by atoms with Crippen LogP contribution in [0.25, 0.3) is 0 Å². The van der Waals surface area contributed by atoms with E-state index < -0.39 is 12.3 Å². The summed E-state index contributed by atoms with van der Waals surface area (Å²) in [5.41, 5.74) is 1.38. The monoisotopic (exact) mass is 362 g/mol. The summed E-state index contributed by atoms with van der Waals surface area (Å²) in [7, 11) is 0. The molecule has 4 saturated carbocycles. The molecule has 1 nitrogen and oxygen atoms in total. The Morgan fingerprint density at radius 3 is 2.46 bits per heavy atom. The summed E-state index contributed by atoms with van der Waals surface area (Å²) in [5, 5.41) is 10.7. The van der Waals surface area contributed by atoms with E-state index in [0.29, 0.717) is 18.3 Å². The van der Waals surface area contributed by atoms with Gasteiger partial charge in [0.05, 0.1) is 5.60 Å². The zero-order valence-corrected chi connectivity index (χ0v) is 17.2. The molecule has 0 bridgehead atoms. The Balaban J connectivity index is 1.60. The third kappa shape index (κ3) is 2.65. The molecule has 0 aromatic rings. The Labute approximate surface area is 159 Å². The lowest BCUT2D eigenvalue weighted by atomic mass is 9.44. The summed E-state index contributed by atoms with van der Waals surface area (Å²) in [6.07, 6.45) is 15.2. The van der Waals surface area contributed by atoms with Crippen molar-refractivity contribution in [1.29, 1.82) is 0 Å². The van der Waals surface area contributed by atoms with E-state index in [4.69, 9.17) is 0 Å². The largest absolute Gasteiger partial charge is 0.387 e. The number of halogens is 1. The average Bonchev–Trinajstić information content (AvgIpc) is 2.98. The molecule has 0 saturated heterocycles. The highest BCUT2D eigenvalue weighted by molar-refractivity contribution is 5.24. The van der Waals surface area contributed by atoms with E-state index >= 15 is 0 Å². The highest BCUT2D eigenvalue weighted by atomic mass is 19.1. The van der Waals surface area contributed by atoms with E-state index in [0.717, 1.165) is 36.5 Å². The first-order valence-corrected chi connectivity index (χ1v) is 11.4. The van der Waals surface area contributed by atoms with Crippen LogP contribution in [0.3, 0.4) is 0 Å². The number of fused-ring (bicyclic) bond motifs is 5. The van der Waals surface area contributed by atoms with E-state index in [1.165, 1.54) is 44.9 Å². The van der Waals surface area contributed by atoms with Crippen LogP contribution in [0, 0.1) is 34.5 Å². The van der Waals surface area contributed by atoms with Gasteiger partial charge >= 0.3 is 0 Å². The first kappa shape index (κ1) is 19.0. The molecule has 4 aliphatic carbocycles. The van der Waals surface area contributed by atoms with E-state index in [1.54, 1.807) is 5.57 Å². The van der Waals surface area contributed by atoms with Gasteiger partial charge in [-0.3, -0.25) is 0 Å². The molecule has 4 rings (SSSR count). The Kier molecular flexibility index (Phi) is 4.82. The van der Waals surface area contributed by atoms with Crippen LogP contribution in [-0.4, -0.2) is 17.4 Å². The molecule has 0 aromatic heterocycles. The highest BCUT2D eigenvalue weighted by Crippen LogP contribution is 2.67. The molecule has 0 radical (unpaired) electrons. The van der Waals surface area contributed by atoms with Crippen molar-refractivity contribution < 1.29 is 9.50 Å². The van der Waals surface area contributed by atoms with E-state index in [2.05, 4.69) is 26.8 Å². The maximum atomic E-state index is 13.5. The van der Waals surface area contributed by atoms with Crippen LogP contribution in [-0.2, 0) is 0 Å². The number of allylic oxidation sites excluding steroid dienone is 2. The van der Waals surface area contributed by atoms with Gasteiger partial charge in [-0.05, 0) is 98.7 Å². The van der Waals surface area contributed by atoms with Crippen molar-refractivity contribution in [3.63, 3.8) is 0 Å². The zero-order chi connectivity index (χ0) is 18.6. The number of hydrogen-bond acceptors (Lipinski definition) is 1. The molecular weight excluding hydrogens is 323 g/mol. The van der Waals surface area contributed by atoms with Crippen molar-refractivity contribution in [2.24, 2.45) is 34.5 Å². The quantitative estimate of drug-likeness (QED) is 0.571. The minimum atomic E-state index is -1.03. The molecule has 4 unspecified atom stereocenters. The summed E-state index contributed by atoms with van der Waals surface area (Å²) >= 11 is 0. The van der Waals surface area contributed by atoms with Gasteiger partial charge in [-0.2, -0.15) is 0 Å². The fraction of sp³-hybridized carbons (Fsp3) is 0.917. The smallest absolute Gasteiger partial charge is 0.118 e. The molecule has 148 valence electrons. The van der Waals surface area contributed by atoms with Crippen LogP contribution < -0.4 is 0 Å². The number of hydrogen-bond donors (Lipinski definition) is 1. The molecule has 0 aliphatic heterocycles. The van der Waals surface area contributed by atoms with Crippen molar-refractivity contribution >= 4 is 0 Å². The fourth-order valence-corrected chi connectivity index (χ4v) is 8.34. The molecule has 2 heteroatoms. The van der Waals surface area contributed by atoms with Gasteiger partial charge in [-0.25, -0.2) is 4.39 Å². The first-order chi connectivity index (χ1) is 12.4.